The minimum absolute atomic E-state index is 0.414. The van der Waals surface area contributed by atoms with E-state index in [-0.39, 0.29) is 0 Å². The first-order chi connectivity index (χ1) is 15.4. The van der Waals surface area contributed by atoms with Crippen molar-refractivity contribution in [3.8, 4) is 35.1 Å². The number of hydrogen-bond donors (Lipinski definition) is 2. The Hall–Kier alpha value is -3.96. The second-order valence-electron chi connectivity index (χ2n) is 6.88. The first-order valence-corrected chi connectivity index (χ1v) is 9.90. The highest BCUT2D eigenvalue weighted by Gasteiger charge is 2.11. The number of nitrogens with one attached hydrogen (secondary N) is 1. The van der Waals surface area contributed by atoms with Gasteiger partial charge in [-0.1, -0.05) is 12.0 Å². The lowest BCUT2D eigenvalue weighted by Gasteiger charge is -2.16. The highest BCUT2D eigenvalue weighted by atomic mass is 16.5. The summed E-state index contributed by atoms with van der Waals surface area (Å²) in [7, 11) is 5.02. The Bertz CT molecular complexity index is 1050. The summed E-state index contributed by atoms with van der Waals surface area (Å²) in [6, 6.07) is 13.9. The lowest BCUT2D eigenvalue weighted by atomic mass is 10.1. The number of carbonyl (C=O) groups excluding carboxylic acids is 1. The average Bonchev–Trinajstić information content (AvgIpc) is 3.27. The standard InChI is InChI=1S/C22H23N3O2.C2H6N2O/c1-5-12-25-13-11-19(24-25)17-9-10-21(16(2)14-17)27-15-18-20(23-3)7-6-8-22(18)26-4;1-4(3)2-5/h1,6-11,13-14,23H,12,15H2,2-4H3;2H,3H2,1H3. The lowest BCUT2D eigenvalue weighted by Crippen LogP contribution is -2.23. The molecule has 0 saturated heterocycles. The van der Waals surface area contributed by atoms with Crippen molar-refractivity contribution in [1.29, 1.82) is 0 Å². The summed E-state index contributed by atoms with van der Waals surface area (Å²) in [6.07, 6.45) is 7.75. The number of aromatic nitrogens is 2. The van der Waals surface area contributed by atoms with Crippen LogP contribution in [0.1, 0.15) is 11.1 Å². The van der Waals surface area contributed by atoms with Crippen LogP contribution in [0.5, 0.6) is 11.5 Å². The number of methoxy groups -OCH3 is 1. The maximum Gasteiger partial charge on any atom is 0.223 e. The van der Waals surface area contributed by atoms with Crippen molar-refractivity contribution in [2.75, 3.05) is 26.5 Å². The van der Waals surface area contributed by atoms with Crippen LogP contribution in [0.2, 0.25) is 0 Å². The van der Waals surface area contributed by atoms with Crippen LogP contribution in [0.4, 0.5) is 5.69 Å². The molecule has 0 bridgehead atoms. The summed E-state index contributed by atoms with van der Waals surface area (Å²) >= 11 is 0. The number of aryl methyl sites for hydroxylation is 1. The molecule has 0 aliphatic carbocycles. The Morgan fingerprint density at radius 1 is 1.28 bits per heavy atom. The Morgan fingerprint density at radius 2 is 2.03 bits per heavy atom. The van der Waals surface area contributed by atoms with Gasteiger partial charge in [0.25, 0.3) is 0 Å². The van der Waals surface area contributed by atoms with E-state index in [1.165, 1.54) is 7.05 Å². The van der Waals surface area contributed by atoms with E-state index in [0.717, 1.165) is 44.6 Å². The summed E-state index contributed by atoms with van der Waals surface area (Å²) in [4.78, 5) is 9.31. The molecule has 0 radical (unpaired) electrons. The van der Waals surface area contributed by atoms with Crippen LogP contribution in [-0.2, 0) is 17.9 Å². The van der Waals surface area contributed by atoms with Gasteiger partial charge < -0.3 is 14.8 Å². The van der Waals surface area contributed by atoms with Crippen LogP contribution in [0.15, 0.2) is 48.7 Å². The van der Waals surface area contributed by atoms with Crippen LogP contribution >= 0.6 is 0 Å². The van der Waals surface area contributed by atoms with Gasteiger partial charge in [0.05, 0.1) is 18.4 Å². The maximum atomic E-state index is 9.31. The van der Waals surface area contributed by atoms with Gasteiger partial charge >= 0.3 is 0 Å². The molecule has 8 heteroatoms. The lowest BCUT2D eigenvalue weighted by molar-refractivity contribution is -0.117. The molecule has 3 rings (SSSR count). The van der Waals surface area contributed by atoms with Gasteiger partial charge in [-0.05, 0) is 48.9 Å². The van der Waals surface area contributed by atoms with Crippen molar-refractivity contribution in [1.82, 2.24) is 14.8 Å². The molecular weight excluding hydrogens is 406 g/mol. The number of nitrogens with two attached hydrogens (primary N) is 1. The third-order valence-electron chi connectivity index (χ3n) is 4.53. The van der Waals surface area contributed by atoms with Crippen molar-refractivity contribution >= 4 is 12.1 Å². The summed E-state index contributed by atoms with van der Waals surface area (Å²) < 4.78 is 13.3. The zero-order valence-electron chi connectivity index (χ0n) is 18.8. The molecule has 8 nitrogen and oxygen atoms in total. The topological polar surface area (TPSA) is 94.6 Å². The summed E-state index contributed by atoms with van der Waals surface area (Å²) in [5.41, 5.74) is 4.94. The first-order valence-electron chi connectivity index (χ1n) is 9.90. The van der Waals surface area contributed by atoms with Crippen molar-refractivity contribution in [2.24, 2.45) is 5.84 Å². The quantitative estimate of drug-likeness (QED) is 0.186. The van der Waals surface area contributed by atoms with Crippen molar-refractivity contribution in [2.45, 2.75) is 20.1 Å². The molecular formula is C24H29N5O3. The molecule has 3 aromatic rings. The molecule has 0 aliphatic rings. The number of nitrogens with zero attached hydrogens (tertiary/aromatic N) is 3. The number of hydrogen-bond acceptors (Lipinski definition) is 6. The molecule has 32 heavy (non-hydrogen) atoms. The number of amides is 1. The minimum atomic E-state index is 0.414. The normalized spacial score (nSPS) is 9.75. The number of benzene rings is 2. The second-order valence-corrected chi connectivity index (χ2v) is 6.88. The Kier molecular flexibility index (Phi) is 9.14. The van der Waals surface area contributed by atoms with Crippen LogP contribution in [0, 0.1) is 19.3 Å². The molecule has 168 valence electrons. The van der Waals surface area contributed by atoms with E-state index < -0.39 is 0 Å². The molecule has 1 heterocycles. The summed E-state index contributed by atoms with van der Waals surface area (Å²) in [5.74, 6) is 8.97. The number of hydrazine groups is 1. The highest BCUT2D eigenvalue weighted by Crippen LogP contribution is 2.30. The van der Waals surface area contributed by atoms with Crippen molar-refractivity contribution < 1.29 is 14.3 Å². The zero-order valence-corrected chi connectivity index (χ0v) is 18.8. The van der Waals surface area contributed by atoms with Crippen molar-refractivity contribution in [3.63, 3.8) is 0 Å². The first kappa shape index (κ1) is 24.3. The Morgan fingerprint density at radius 3 is 2.62 bits per heavy atom. The SMILES string of the molecule is C#CCn1ccc(-c2ccc(OCc3c(NC)cccc3OC)c(C)c2)n1.CN(N)C=O. The largest absolute Gasteiger partial charge is 0.496 e. The molecule has 0 atom stereocenters. The fraction of sp³-hybridized carbons (Fsp3) is 0.250. The monoisotopic (exact) mass is 435 g/mol. The van der Waals surface area contributed by atoms with Gasteiger partial charge in [0.15, 0.2) is 0 Å². The molecule has 0 fully saturated rings. The third kappa shape index (κ3) is 6.52. The molecule has 3 N–H and O–H groups in total. The number of carbonyl (C=O) groups is 1. The van der Waals surface area contributed by atoms with Gasteiger partial charge in [0, 0.05) is 31.5 Å². The summed E-state index contributed by atoms with van der Waals surface area (Å²) in [5, 5.41) is 8.61. The molecule has 0 unspecified atom stereocenters. The second kappa shape index (κ2) is 12.0. The van der Waals surface area contributed by atoms with E-state index in [1.807, 2.05) is 56.6 Å². The van der Waals surface area contributed by atoms with Gasteiger partial charge in [-0.3, -0.25) is 14.5 Å². The third-order valence-corrected chi connectivity index (χ3v) is 4.53. The van der Waals surface area contributed by atoms with Gasteiger partial charge in [-0.2, -0.15) is 5.10 Å². The Labute approximate surface area is 188 Å². The number of terminal acetylenes is 1. The predicted octanol–water partition coefficient (Wildman–Crippen LogP) is 3.07. The van der Waals surface area contributed by atoms with Crippen molar-refractivity contribution in [3.05, 3.63) is 59.8 Å². The maximum absolute atomic E-state index is 9.31. The van der Waals surface area contributed by atoms with Gasteiger partial charge in [0.2, 0.25) is 6.41 Å². The van der Waals surface area contributed by atoms with E-state index in [1.54, 1.807) is 11.8 Å². The molecule has 1 amide bonds. The molecule has 2 aromatic carbocycles. The van der Waals surface area contributed by atoms with E-state index in [4.69, 9.17) is 21.7 Å². The molecule has 0 saturated carbocycles. The number of ether oxygens (including phenoxy) is 2. The fourth-order valence-corrected chi connectivity index (χ4v) is 2.96. The van der Waals surface area contributed by atoms with E-state index in [0.29, 0.717) is 19.6 Å². The summed E-state index contributed by atoms with van der Waals surface area (Å²) in [6.45, 7) is 2.91. The van der Waals surface area contributed by atoms with Crippen LogP contribution in [0.3, 0.4) is 0 Å². The molecule has 0 spiro atoms. The smallest absolute Gasteiger partial charge is 0.223 e. The van der Waals surface area contributed by atoms with Crippen LogP contribution < -0.4 is 20.6 Å². The van der Waals surface area contributed by atoms with Crippen LogP contribution in [0.25, 0.3) is 11.3 Å². The molecule has 1 aromatic heterocycles. The van der Waals surface area contributed by atoms with E-state index in [2.05, 4.69) is 22.4 Å². The average molecular weight is 436 g/mol. The predicted molar refractivity (Wildman–Crippen MR) is 126 cm³/mol. The fourth-order valence-electron chi connectivity index (χ4n) is 2.96. The minimum Gasteiger partial charge on any atom is -0.496 e. The van der Waals surface area contributed by atoms with E-state index in [9.17, 15) is 4.79 Å². The zero-order chi connectivity index (χ0) is 23.5. The van der Waals surface area contributed by atoms with Crippen LogP contribution in [-0.4, -0.2) is 42.4 Å². The van der Waals surface area contributed by atoms with Gasteiger partial charge in [0.1, 0.15) is 24.7 Å². The Balaban J connectivity index is 0.000000654. The number of rotatable bonds is 8. The van der Waals surface area contributed by atoms with Gasteiger partial charge in [-0.25, -0.2) is 5.84 Å². The van der Waals surface area contributed by atoms with E-state index >= 15 is 0 Å². The molecule has 0 aliphatic heterocycles. The van der Waals surface area contributed by atoms with Gasteiger partial charge in [-0.15, -0.1) is 6.42 Å². The number of anilines is 1. The highest BCUT2D eigenvalue weighted by molar-refractivity contribution is 5.62.